The summed E-state index contributed by atoms with van der Waals surface area (Å²) >= 11 is 0. The van der Waals surface area contributed by atoms with Crippen LogP contribution in [0, 0.1) is 5.92 Å². The molecule has 0 spiro atoms. The van der Waals surface area contributed by atoms with E-state index in [0.717, 1.165) is 25.8 Å². The monoisotopic (exact) mass is 249 g/mol. The van der Waals surface area contributed by atoms with Crippen LogP contribution in [0.5, 0.6) is 0 Å². The van der Waals surface area contributed by atoms with Crippen LogP contribution in [0.3, 0.4) is 0 Å². The van der Waals surface area contributed by atoms with Gasteiger partial charge in [-0.3, -0.25) is 0 Å². The maximum Gasteiger partial charge on any atom is 0.150 e. The Bertz CT molecular complexity index is 262. The molecule has 16 heavy (non-hydrogen) atoms. The fourth-order valence-corrected chi connectivity index (χ4v) is 2.88. The highest BCUT2D eigenvalue weighted by Crippen LogP contribution is 2.14. The van der Waals surface area contributed by atoms with Gasteiger partial charge in [-0.25, -0.2) is 8.42 Å². The van der Waals surface area contributed by atoms with E-state index in [1.807, 2.05) is 0 Å². The van der Waals surface area contributed by atoms with Gasteiger partial charge < -0.3 is 5.32 Å². The predicted octanol–water partition coefficient (Wildman–Crippen LogP) is 2.23. The molecule has 0 fully saturated rings. The van der Waals surface area contributed by atoms with Gasteiger partial charge in [0.25, 0.3) is 0 Å². The second kappa shape index (κ2) is 8.07. The first kappa shape index (κ1) is 15.9. The largest absolute Gasteiger partial charge is 0.314 e. The Hall–Kier alpha value is -0.0900. The normalized spacial score (nSPS) is 16.0. The molecular formula is C12H27NO2S. The van der Waals surface area contributed by atoms with Gasteiger partial charge in [0, 0.05) is 11.8 Å². The van der Waals surface area contributed by atoms with Crippen molar-refractivity contribution >= 4 is 9.84 Å². The maximum atomic E-state index is 11.3. The van der Waals surface area contributed by atoms with Crippen LogP contribution in [0.2, 0.25) is 0 Å². The van der Waals surface area contributed by atoms with Gasteiger partial charge in [-0.15, -0.1) is 0 Å². The Balaban J connectivity index is 3.92. The molecule has 0 aliphatic heterocycles. The second-order valence-corrected chi connectivity index (χ2v) is 6.90. The van der Waals surface area contributed by atoms with Crippen LogP contribution in [0.25, 0.3) is 0 Å². The lowest BCUT2D eigenvalue weighted by Crippen LogP contribution is -2.34. The molecule has 0 saturated heterocycles. The van der Waals surface area contributed by atoms with Gasteiger partial charge in [0.05, 0.1) is 5.75 Å². The van der Waals surface area contributed by atoms with Crippen LogP contribution in [-0.2, 0) is 9.84 Å². The van der Waals surface area contributed by atoms with E-state index in [1.54, 1.807) is 6.92 Å². The van der Waals surface area contributed by atoms with E-state index < -0.39 is 9.84 Å². The van der Waals surface area contributed by atoms with Crippen LogP contribution < -0.4 is 5.32 Å². The molecule has 98 valence electrons. The molecule has 3 nitrogen and oxygen atoms in total. The lowest BCUT2D eigenvalue weighted by molar-refractivity contribution is 0.351. The Morgan fingerprint density at radius 3 is 2.25 bits per heavy atom. The predicted molar refractivity (Wildman–Crippen MR) is 70.5 cm³/mol. The molecule has 0 aromatic heterocycles. The van der Waals surface area contributed by atoms with Gasteiger partial charge in [-0.1, -0.05) is 27.7 Å². The van der Waals surface area contributed by atoms with E-state index in [1.165, 1.54) is 0 Å². The first-order chi connectivity index (χ1) is 7.46. The van der Waals surface area contributed by atoms with E-state index in [4.69, 9.17) is 0 Å². The average molecular weight is 249 g/mol. The summed E-state index contributed by atoms with van der Waals surface area (Å²) in [5.41, 5.74) is 0. The number of hydrogen-bond acceptors (Lipinski definition) is 3. The molecule has 2 atom stereocenters. The van der Waals surface area contributed by atoms with Crippen LogP contribution >= 0.6 is 0 Å². The number of sulfone groups is 1. The lowest BCUT2D eigenvalue weighted by Gasteiger charge is -2.23. The molecule has 0 saturated carbocycles. The van der Waals surface area contributed by atoms with Crippen molar-refractivity contribution in [2.75, 3.05) is 18.1 Å². The van der Waals surface area contributed by atoms with Crippen molar-refractivity contribution in [1.29, 1.82) is 0 Å². The highest BCUT2D eigenvalue weighted by Gasteiger charge is 2.15. The number of rotatable bonds is 9. The summed E-state index contributed by atoms with van der Waals surface area (Å²) in [6, 6.07) is 0.523. The van der Waals surface area contributed by atoms with Gasteiger partial charge in [-0.05, 0) is 31.7 Å². The maximum absolute atomic E-state index is 11.3. The summed E-state index contributed by atoms with van der Waals surface area (Å²) in [5, 5.41) is 3.44. The highest BCUT2D eigenvalue weighted by molar-refractivity contribution is 7.91. The molecule has 4 heteroatoms. The van der Waals surface area contributed by atoms with E-state index in [9.17, 15) is 8.42 Å². The SMILES string of the molecule is CCNC(CC)C(C)CCCS(=O)(=O)CC. The summed E-state index contributed by atoms with van der Waals surface area (Å²) in [5.74, 6) is 1.17. The van der Waals surface area contributed by atoms with Crippen molar-refractivity contribution in [2.45, 2.75) is 53.0 Å². The zero-order valence-electron chi connectivity index (χ0n) is 11.1. The molecule has 0 radical (unpaired) electrons. The highest BCUT2D eigenvalue weighted by atomic mass is 32.2. The molecule has 0 bridgehead atoms. The zero-order valence-corrected chi connectivity index (χ0v) is 11.9. The van der Waals surface area contributed by atoms with Crippen LogP contribution in [-0.4, -0.2) is 32.5 Å². The van der Waals surface area contributed by atoms with Crippen molar-refractivity contribution < 1.29 is 8.42 Å². The van der Waals surface area contributed by atoms with Crippen molar-refractivity contribution in [1.82, 2.24) is 5.32 Å². The summed E-state index contributed by atoms with van der Waals surface area (Å²) in [6.07, 6.45) is 2.89. The minimum atomic E-state index is -2.78. The van der Waals surface area contributed by atoms with Crippen LogP contribution in [0.1, 0.15) is 47.0 Å². The molecule has 0 amide bonds. The van der Waals surface area contributed by atoms with Gasteiger partial charge >= 0.3 is 0 Å². The van der Waals surface area contributed by atoms with E-state index in [2.05, 4.69) is 26.1 Å². The molecule has 0 heterocycles. The van der Waals surface area contributed by atoms with Crippen LogP contribution in [0.15, 0.2) is 0 Å². The molecule has 0 rings (SSSR count). The first-order valence-corrected chi connectivity index (χ1v) is 8.22. The van der Waals surface area contributed by atoms with Crippen LogP contribution in [0.4, 0.5) is 0 Å². The van der Waals surface area contributed by atoms with Gasteiger partial charge in [-0.2, -0.15) is 0 Å². The molecule has 0 aromatic carbocycles. The zero-order chi connectivity index (χ0) is 12.6. The molecule has 0 aliphatic carbocycles. The molecular weight excluding hydrogens is 222 g/mol. The summed E-state index contributed by atoms with van der Waals surface area (Å²) in [6.45, 7) is 9.18. The fourth-order valence-electron chi connectivity index (χ4n) is 1.98. The fraction of sp³-hybridized carbons (Fsp3) is 1.00. The molecule has 0 aliphatic rings. The number of nitrogens with one attached hydrogen (secondary N) is 1. The van der Waals surface area contributed by atoms with Crippen molar-refractivity contribution in [3.63, 3.8) is 0 Å². The third kappa shape index (κ3) is 6.48. The summed E-state index contributed by atoms with van der Waals surface area (Å²) < 4.78 is 22.7. The Labute approximate surface area is 101 Å². The van der Waals surface area contributed by atoms with Crippen molar-refractivity contribution in [3.8, 4) is 0 Å². The summed E-state index contributed by atoms with van der Waals surface area (Å²) in [7, 11) is -2.78. The Morgan fingerprint density at radius 2 is 1.81 bits per heavy atom. The standard InChI is InChI=1S/C12H27NO2S/c1-5-12(13-6-2)11(4)9-8-10-16(14,15)7-3/h11-13H,5-10H2,1-4H3. The molecule has 2 unspecified atom stereocenters. The lowest BCUT2D eigenvalue weighted by atomic mass is 9.95. The van der Waals surface area contributed by atoms with Crippen molar-refractivity contribution in [2.24, 2.45) is 5.92 Å². The Morgan fingerprint density at radius 1 is 1.19 bits per heavy atom. The Kier molecular flexibility index (Phi) is 8.02. The van der Waals surface area contributed by atoms with Gasteiger partial charge in [0.2, 0.25) is 0 Å². The third-order valence-electron chi connectivity index (χ3n) is 3.15. The topological polar surface area (TPSA) is 46.2 Å². The van der Waals surface area contributed by atoms with E-state index in [-0.39, 0.29) is 5.75 Å². The quantitative estimate of drug-likeness (QED) is 0.681. The number of hydrogen-bond donors (Lipinski definition) is 1. The van der Waals surface area contributed by atoms with Crippen molar-refractivity contribution in [3.05, 3.63) is 0 Å². The van der Waals surface area contributed by atoms with Gasteiger partial charge in [0.15, 0.2) is 0 Å². The van der Waals surface area contributed by atoms with E-state index in [0.29, 0.717) is 17.7 Å². The smallest absolute Gasteiger partial charge is 0.150 e. The minimum Gasteiger partial charge on any atom is -0.314 e. The van der Waals surface area contributed by atoms with Gasteiger partial charge in [0.1, 0.15) is 9.84 Å². The first-order valence-electron chi connectivity index (χ1n) is 6.40. The molecule has 1 N–H and O–H groups in total. The second-order valence-electron chi connectivity index (χ2n) is 4.43. The summed E-state index contributed by atoms with van der Waals surface area (Å²) in [4.78, 5) is 0. The van der Waals surface area contributed by atoms with E-state index >= 15 is 0 Å². The molecule has 0 aromatic rings. The average Bonchev–Trinajstić information content (AvgIpc) is 2.25. The minimum absolute atomic E-state index is 0.270. The third-order valence-corrected chi connectivity index (χ3v) is 4.94.